The second kappa shape index (κ2) is 11.6. The highest BCUT2D eigenvalue weighted by Crippen LogP contribution is 2.31. The lowest BCUT2D eigenvalue weighted by Gasteiger charge is -2.47. The fourth-order valence-electron chi connectivity index (χ4n) is 3.88. The van der Waals surface area contributed by atoms with Crippen LogP contribution in [0.25, 0.3) is 0 Å². The molecule has 0 aromatic heterocycles. The van der Waals surface area contributed by atoms with Crippen molar-refractivity contribution in [2.24, 2.45) is 0 Å². The van der Waals surface area contributed by atoms with E-state index in [-0.39, 0.29) is 31.6 Å². The molecule has 0 aliphatic carbocycles. The molecule has 1 heterocycles. The zero-order valence-electron chi connectivity index (χ0n) is 18.9. The summed E-state index contributed by atoms with van der Waals surface area (Å²) in [5.74, 6) is 0. The normalized spacial score (nSPS) is 23.3. The van der Waals surface area contributed by atoms with Crippen LogP contribution in [0.3, 0.4) is 0 Å². The Kier molecular flexibility index (Phi) is 9.55. The lowest BCUT2D eigenvalue weighted by atomic mass is 9.89. The molecule has 7 heteroatoms. The van der Waals surface area contributed by atoms with Crippen molar-refractivity contribution in [3.8, 4) is 0 Å². The SMILES string of the molecule is CC[C@@H](OCOC)[C@H]1CC[C@H](OCc2ccccc2)[C@@H](CO)N1C(=O)OC(C)(C)C. The second-order valence-corrected chi connectivity index (χ2v) is 8.64. The van der Waals surface area contributed by atoms with Crippen molar-refractivity contribution in [1.29, 1.82) is 0 Å². The molecule has 1 fully saturated rings. The van der Waals surface area contributed by atoms with Crippen molar-refractivity contribution in [3.05, 3.63) is 35.9 Å². The molecule has 4 atom stereocenters. The summed E-state index contributed by atoms with van der Waals surface area (Å²) >= 11 is 0. The maximum Gasteiger partial charge on any atom is 0.411 e. The van der Waals surface area contributed by atoms with Gasteiger partial charge in [0.25, 0.3) is 0 Å². The first-order valence-corrected chi connectivity index (χ1v) is 10.7. The van der Waals surface area contributed by atoms with E-state index >= 15 is 0 Å². The third-order valence-electron chi connectivity index (χ3n) is 5.22. The Hall–Kier alpha value is -1.67. The molecule has 1 aliphatic rings. The molecule has 0 radical (unpaired) electrons. The van der Waals surface area contributed by atoms with E-state index in [4.69, 9.17) is 18.9 Å². The highest BCUT2D eigenvalue weighted by atomic mass is 16.7. The van der Waals surface area contributed by atoms with Crippen LogP contribution in [0.2, 0.25) is 0 Å². The van der Waals surface area contributed by atoms with E-state index in [1.165, 1.54) is 0 Å². The topological polar surface area (TPSA) is 77.5 Å². The van der Waals surface area contributed by atoms with Crippen LogP contribution in [0, 0.1) is 0 Å². The van der Waals surface area contributed by atoms with Crippen molar-refractivity contribution in [2.45, 2.75) is 83.5 Å². The number of amides is 1. The molecule has 1 aromatic carbocycles. The molecule has 1 aromatic rings. The first kappa shape index (κ1) is 24.6. The standard InChI is InChI=1S/C23H37NO6/c1-6-20(29-16-27-5)18-12-13-21(28-15-17-10-8-7-9-11-17)19(14-25)24(18)22(26)30-23(2,3)4/h7-11,18-21,25H,6,12-16H2,1-5H3/t18-,19-,20-,21+/m1/s1. The van der Waals surface area contributed by atoms with Crippen LogP contribution in [0.15, 0.2) is 30.3 Å². The summed E-state index contributed by atoms with van der Waals surface area (Å²) in [6.07, 6.45) is 1.15. The van der Waals surface area contributed by atoms with Gasteiger partial charge in [0.05, 0.1) is 37.5 Å². The van der Waals surface area contributed by atoms with Crippen LogP contribution >= 0.6 is 0 Å². The quantitative estimate of drug-likeness (QED) is 0.610. The Balaban J connectivity index is 2.22. The Morgan fingerprint density at radius 3 is 2.50 bits per heavy atom. The van der Waals surface area contributed by atoms with Crippen LogP contribution in [0.4, 0.5) is 4.79 Å². The average molecular weight is 424 g/mol. The molecule has 0 unspecified atom stereocenters. The zero-order valence-corrected chi connectivity index (χ0v) is 18.9. The number of nitrogens with zero attached hydrogens (tertiary/aromatic N) is 1. The van der Waals surface area contributed by atoms with Gasteiger partial charge in [0.15, 0.2) is 0 Å². The fourth-order valence-corrected chi connectivity index (χ4v) is 3.88. The summed E-state index contributed by atoms with van der Waals surface area (Å²) in [5.41, 5.74) is 0.407. The minimum Gasteiger partial charge on any atom is -0.444 e. The summed E-state index contributed by atoms with van der Waals surface area (Å²) in [4.78, 5) is 14.8. The van der Waals surface area contributed by atoms with E-state index < -0.39 is 17.7 Å². The van der Waals surface area contributed by atoms with Crippen molar-refractivity contribution < 1.29 is 28.8 Å². The number of piperidine rings is 1. The number of methoxy groups -OCH3 is 1. The molecule has 7 nitrogen and oxygen atoms in total. The molecule has 0 spiro atoms. The van der Waals surface area contributed by atoms with Gasteiger partial charge in [-0.05, 0) is 45.6 Å². The van der Waals surface area contributed by atoms with E-state index in [0.717, 1.165) is 12.0 Å². The number of carbonyl (C=O) groups is 1. The molecule has 1 saturated heterocycles. The van der Waals surface area contributed by atoms with Gasteiger partial charge in [-0.25, -0.2) is 4.79 Å². The van der Waals surface area contributed by atoms with Crippen LogP contribution < -0.4 is 0 Å². The highest BCUT2D eigenvalue weighted by Gasteiger charge is 2.45. The van der Waals surface area contributed by atoms with Gasteiger partial charge in [-0.15, -0.1) is 0 Å². The largest absolute Gasteiger partial charge is 0.444 e. The molecule has 0 bridgehead atoms. The minimum absolute atomic E-state index is 0.148. The van der Waals surface area contributed by atoms with E-state index in [0.29, 0.717) is 19.4 Å². The maximum atomic E-state index is 13.2. The molecule has 1 N–H and O–H groups in total. The first-order valence-electron chi connectivity index (χ1n) is 10.7. The number of aliphatic hydroxyl groups excluding tert-OH is 1. The van der Waals surface area contributed by atoms with Crippen molar-refractivity contribution >= 4 is 6.09 Å². The third kappa shape index (κ3) is 6.94. The summed E-state index contributed by atoms with van der Waals surface area (Å²) in [6, 6.07) is 9.14. The van der Waals surface area contributed by atoms with Gasteiger partial charge >= 0.3 is 6.09 Å². The number of carbonyl (C=O) groups excluding carboxylic acids is 1. The summed E-state index contributed by atoms with van der Waals surface area (Å²) in [6.45, 7) is 7.87. The smallest absolute Gasteiger partial charge is 0.411 e. The van der Waals surface area contributed by atoms with E-state index in [2.05, 4.69) is 0 Å². The number of hydrogen-bond acceptors (Lipinski definition) is 6. The van der Waals surface area contributed by atoms with Gasteiger partial charge in [0, 0.05) is 7.11 Å². The number of benzene rings is 1. The number of hydrogen-bond donors (Lipinski definition) is 1. The summed E-state index contributed by atoms with van der Waals surface area (Å²) < 4.78 is 22.8. The summed E-state index contributed by atoms with van der Waals surface area (Å²) in [5, 5.41) is 10.2. The number of rotatable bonds is 9. The van der Waals surface area contributed by atoms with Gasteiger partial charge in [-0.1, -0.05) is 37.3 Å². The van der Waals surface area contributed by atoms with Crippen LogP contribution in [0.1, 0.15) is 52.5 Å². The minimum atomic E-state index is -0.644. The maximum absolute atomic E-state index is 13.2. The average Bonchev–Trinajstić information content (AvgIpc) is 2.72. The van der Waals surface area contributed by atoms with Gasteiger partial charge in [-0.2, -0.15) is 0 Å². The van der Waals surface area contributed by atoms with Crippen molar-refractivity contribution in [3.63, 3.8) is 0 Å². The van der Waals surface area contributed by atoms with Crippen LogP contribution in [-0.4, -0.2) is 66.5 Å². The monoisotopic (exact) mass is 423 g/mol. The fraction of sp³-hybridized carbons (Fsp3) is 0.696. The van der Waals surface area contributed by atoms with Crippen LogP contribution in [0.5, 0.6) is 0 Å². The Morgan fingerprint density at radius 1 is 1.23 bits per heavy atom. The predicted molar refractivity (Wildman–Crippen MR) is 114 cm³/mol. The first-order chi connectivity index (χ1) is 14.3. The third-order valence-corrected chi connectivity index (χ3v) is 5.22. The molecular weight excluding hydrogens is 386 g/mol. The lowest BCUT2D eigenvalue weighted by molar-refractivity contribution is -0.140. The van der Waals surface area contributed by atoms with E-state index in [9.17, 15) is 9.90 Å². The predicted octanol–water partition coefficient (Wildman–Crippen LogP) is 3.73. The molecule has 2 rings (SSSR count). The van der Waals surface area contributed by atoms with Crippen molar-refractivity contribution in [2.75, 3.05) is 20.5 Å². The molecule has 1 amide bonds. The Bertz CT molecular complexity index is 632. The highest BCUT2D eigenvalue weighted by molar-refractivity contribution is 5.69. The number of likely N-dealkylation sites (tertiary alicyclic amines) is 1. The van der Waals surface area contributed by atoms with Crippen molar-refractivity contribution in [1.82, 2.24) is 4.90 Å². The van der Waals surface area contributed by atoms with E-state index in [1.54, 1.807) is 12.0 Å². The zero-order chi connectivity index (χ0) is 22.1. The van der Waals surface area contributed by atoms with Gasteiger partial charge < -0.3 is 24.1 Å². The van der Waals surface area contributed by atoms with Gasteiger partial charge in [-0.3, -0.25) is 4.90 Å². The molecule has 170 valence electrons. The number of aliphatic hydroxyl groups is 1. The second-order valence-electron chi connectivity index (χ2n) is 8.64. The summed E-state index contributed by atoms with van der Waals surface area (Å²) in [7, 11) is 1.57. The van der Waals surface area contributed by atoms with E-state index in [1.807, 2.05) is 58.0 Å². The number of ether oxygens (including phenoxy) is 4. The van der Waals surface area contributed by atoms with Gasteiger partial charge in [0.2, 0.25) is 0 Å². The Labute approximate surface area is 180 Å². The molecular formula is C23H37NO6. The molecule has 30 heavy (non-hydrogen) atoms. The van der Waals surface area contributed by atoms with Gasteiger partial charge in [0.1, 0.15) is 12.4 Å². The lowest BCUT2D eigenvalue weighted by Crippen LogP contribution is -2.62. The Morgan fingerprint density at radius 2 is 1.93 bits per heavy atom. The molecule has 0 saturated carbocycles. The van der Waals surface area contributed by atoms with Crippen LogP contribution in [-0.2, 0) is 25.6 Å². The molecule has 1 aliphatic heterocycles.